The largest absolute Gasteiger partial charge is 0.409 e. The topological polar surface area (TPSA) is 111 Å². The average Bonchev–Trinajstić information content (AvgIpc) is 2.48. The first-order valence-electron chi connectivity index (χ1n) is 6.14. The zero-order valence-electron chi connectivity index (χ0n) is 11.0. The molecule has 0 bridgehead atoms. The van der Waals surface area contributed by atoms with E-state index in [9.17, 15) is 10.2 Å². The third-order valence-corrected chi connectivity index (χ3v) is 3.28. The summed E-state index contributed by atoms with van der Waals surface area (Å²) in [6, 6.07) is 7.22. The SMILES string of the molecule is CCC(CO)(CO)NCc1cccc(/C(N)=N/O)c1. The first-order chi connectivity index (χ1) is 9.10. The van der Waals surface area contributed by atoms with Gasteiger partial charge in [-0.25, -0.2) is 0 Å². The highest BCUT2D eigenvalue weighted by Gasteiger charge is 2.25. The smallest absolute Gasteiger partial charge is 0.170 e. The number of hydrogen-bond donors (Lipinski definition) is 5. The first-order valence-corrected chi connectivity index (χ1v) is 6.14. The van der Waals surface area contributed by atoms with Crippen molar-refractivity contribution in [2.75, 3.05) is 13.2 Å². The fourth-order valence-corrected chi connectivity index (χ4v) is 1.70. The van der Waals surface area contributed by atoms with Crippen LogP contribution in [0, 0.1) is 0 Å². The Hall–Kier alpha value is -1.63. The summed E-state index contributed by atoms with van der Waals surface area (Å²) in [4.78, 5) is 0. The zero-order chi connectivity index (χ0) is 14.3. The number of amidine groups is 1. The number of nitrogens with zero attached hydrogens (tertiary/aromatic N) is 1. The van der Waals surface area contributed by atoms with Gasteiger partial charge in [0.25, 0.3) is 0 Å². The quantitative estimate of drug-likeness (QED) is 0.207. The summed E-state index contributed by atoms with van der Waals surface area (Å²) in [6.07, 6.45) is 0.611. The van der Waals surface area contributed by atoms with Gasteiger partial charge >= 0.3 is 0 Å². The van der Waals surface area contributed by atoms with Crippen LogP contribution in [0.3, 0.4) is 0 Å². The lowest BCUT2D eigenvalue weighted by molar-refractivity contribution is 0.0864. The van der Waals surface area contributed by atoms with Gasteiger partial charge in [0.2, 0.25) is 0 Å². The maximum Gasteiger partial charge on any atom is 0.170 e. The third kappa shape index (κ3) is 3.92. The molecular weight excluding hydrogens is 246 g/mol. The molecule has 0 atom stereocenters. The molecule has 0 heterocycles. The molecule has 6 N–H and O–H groups in total. The lowest BCUT2D eigenvalue weighted by atomic mass is 9.98. The van der Waals surface area contributed by atoms with E-state index < -0.39 is 5.54 Å². The van der Waals surface area contributed by atoms with Crippen molar-refractivity contribution in [3.63, 3.8) is 0 Å². The molecule has 6 heteroatoms. The summed E-state index contributed by atoms with van der Waals surface area (Å²) < 4.78 is 0. The van der Waals surface area contributed by atoms with Crippen molar-refractivity contribution in [1.29, 1.82) is 0 Å². The molecule has 1 aromatic rings. The van der Waals surface area contributed by atoms with Crippen LogP contribution in [0.15, 0.2) is 29.4 Å². The van der Waals surface area contributed by atoms with Crippen LogP contribution < -0.4 is 11.1 Å². The van der Waals surface area contributed by atoms with Crippen LogP contribution in [0.5, 0.6) is 0 Å². The minimum atomic E-state index is -0.688. The summed E-state index contributed by atoms with van der Waals surface area (Å²) in [5.41, 5.74) is 6.38. The van der Waals surface area contributed by atoms with Crippen LogP contribution in [0.25, 0.3) is 0 Å². The molecule has 1 rings (SSSR count). The molecule has 0 unspecified atom stereocenters. The molecular formula is C13H21N3O3. The Labute approximate surface area is 112 Å². The van der Waals surface area contributed by atoms with Crippen molar-refractivity contribution in [2.45, 2.75) is 25.4 Å². The molecule has 0 fully saturated rings. The molecule has 0 saturated heterocycles. The number of rotatable bonds is 7. The molecule has 106 valence electrons. The van der Waals surface area contributed by atoms with Crippen LogP contribution >= 0.6 is 0 Å². The highest BCUT2D eigenvalue weighted by molar-refractivity contribution is 5.97. The summed E-state index contributed by atoms with van der Waals surface area (Å²) in [5, 5.41) is 33.4. The average molecular weight is 267 g/mol. The Kier molecular flexibility index (Phi) is 5.75. The van der Waals surface area contributed by atoms with E-state index in [0.29, 0.717) is 18.5 Å². The van der Waals surface area contributed by atoms with Gasteiger partial charge in [-0.1, -0.05) is 30.3 Å². The summed E-state index contributed by atoms with van der Waals surface area (Å²) in [5.74, 6) is 0.0490. The van der Waals surface area contributed by atoms with Crippen molar-refractivity contribution >= 4 is 5.84 Å². The van der Waals surface area contributed by atoms with Gasteiger partial charge in [0.1, 0.15) is 0 Å². The second-order valence-electron chi connectivity index (χ2n) is 4.49. The van der Waals surface area contributed by atoms with Gasteiger partial charge < -0.3 is 26.5 Å². The van der Waals surface area contributed by atoms with Crippen molar-refractivity contribution in [3.8, 4) is 0 Å². The van der Waals surface area contributed by atoms with Gasteiger partial charge in [-0.3, -0.25) is 0 Å². The number of benzene rings is 1. The zero-order valence-corrected chi connectivity index (χ0v) is 11.0. The summed E-state index contributed by atoms with van der Waals surface area (Å²) in [7, 11) is 0. The van der Waals surface area contributed by atoms with Gasteiger partial charge in [-0.15, -0.1) is 0 Å². The minimum absolute atomic E-state index is 0.0490. The van der Waals surface area contributed by atoms with E-state index in [1.165, 1.54) is 0 Å². The second-order valence-corrected chi connectivity index (χ2v) is 4.49. The molecule has 19 heavy (non-hydrogen) atoms. The highest BCUT2D eigenvalue weighted by atomic mass is 16.4. The van der Waals surface area contributed by atoms with Crippen molar-refractivity contribution in [2.24, 2.45) is 10.9 Å². The third-order valence-electron chi connectivity index (χ3n) is 3.28. The Morgan fingerprint density at radius 1 is 1.37 bits per heavy atom. The van der Waals surface area contributed by atoms with E-state index in [4.69, 9.17) is 10.9 Å². The van der Waals surface area contributed by atoms with Crippen LogP contribution in [0.2, 0.25) is 0 Å². The lowest BCUT2D eigenvalue weighted by Gasteiger charge is -2.30. The minimum Gasteiger partial charge on any atom is -0.409 e. The lowest BCUT2D eigenvalue weighted by Crippen LogP contribution is -2.50. The molecule has 0 aliphatic heterocycles. The van der Waals surface area contributed by atoms with E-state index in [0.717, 1.165) is 5.56 Å². The molecule has 0 spiro atoms. The van der Waals surface area contributed by atoms with Crippen LogP contribution in [-0.4, -0.2) is 40.0 Å². The number of aliphatic hydroxyl groups is 2. The molecule has 0 saturated carbocycles. The van der Waals surface area contributed by atoms with E-state index in [1.54, 1.807) is 18.2 Å². The maximum absolute atomic E-state index is 9.34. The van der Waals surface area contributed by atoms with Gasteiger partial charge in [-0.2, -0.15) is 0 Å². The predicted octanol–water partition coefficient (Wildman–Crippen LogP) is 0.00410. The second kappa shape index (κ2) is 7.08. The van der Waals surface area contributed by atoms with Crippen LogP contribution in [0.4, 0.5) is 0 Å². The van der Waals surface area contributed by atoms with Gasteiger partial charge in [0.15, 0.2) is 5.84 Å². The Bertz CT molecular complexity index is 423. The van der Waals surface area contributed by atoms with E-state index in [1.807, 2.05) is 13.0 Å². The Balaban J connectivity index is 2.78. The molecule has 1 aromatic carbocycles. The Morgan fingerprint density at radius 3 is 2.58 bits per heavy atom. The summed E-state index contributed by atoms with van der Waals surface area (Å²) >= 11 is 0. The number of oxime groups is 1. The van der Waals surface area contributed by atoms with Gasteiger partial charge in [0.05, 0.1) is 18.8 Å². The van der Waals surface area contributed by atoms with Crippen molar-refractivity contribution in [1.82, 2.24) is 5.32 Å². The molecule has 0 amide bonds. The number of hydrogen-bond acceptors (Lipinski definition) is 5. The molecule has 0 aliphatic rings. The monoisotopic (exact) mass is 267 g/mol. The number of nitrogens with two attached hydrogens (primary N) is 1. The fourth-order valence-electron chi connectivity index (χ4n) is 1.70. The normalized spacial score (nSPS) is 12.7. The Morgan fingerprint density at radius 2 is 2.05 bits per heavy atom. The van der Waals surface area contributed by atoms with Gasteiger partial charge in [-0.05, 0) is 18.1 Å². The summed E-state index contributed by atoms with van der Waals surface area (Å²) in [6.45, 7) is 2.09. The van der Waals surface area contributed by atoms with E-state index >= 15 is 0 Å². The fraction of sp³-hybridized carbons (Fsp3) is 0.462. The van der Waals surface area contributed by atoms with Gasteiger partial charge in [0, 0.05) is 12.1 Å². The molecule has 0 aliphatic carbocycles. The van der Waals surface area contributed by atoms with Crippen molar-refractivity contribution < 1.29 is 15.4 Å². The first kappa shape index (κ1) is 15.4. The molecule has 6 nitrogen and oxygen atoms in total. The maximum atomic E-state index is 9.34. The number of nitrogens with one attached hydrogen (secondary N) is 1. The van der Waals surface area contributed by atoms with Crippen molar-refractivity contribution in [3.05, 3.63) is 35.4 Å². The van der Waals surface area contributed by atoms with Crippen LogP contribution in [0.1, 0.15) is 24.5 Å². The predicted molar refractivity (Wildman–Crippen MR) is 73.0 cm³/mol. The van der Waals surface area contributed by atoms with E-state index in [-0.39, 0.29) is 19.0 Å². The standard InChI is InChI=1S/C13H21N3O3/c1-2-13(8-17,9-18)15-7-10-4-3-5-11(6-10)12(14)16-19/h3-6,15,17-19H,2,7-9H2,1H3,(H2,14,16). The molecule has 0 radical (unpaired) electrons. The highest BCUT2D eigenvalue weighted by Crippen LogP contribution is 2.11. The number of aliphatic hydroxyl groups excluding tert-OH is 2. The van der Waals surface area contributed by atoms with Crippen LogP contribution in [-0.2, 0) is 6.54 Å². The van der Waals surface area contributed by atoms with E-state index in [2.05, 4.69) is 10.5 Å². The molecule has 0 aromatic heterocycles.